The van der Waals surface area contributed by atoms with Crippen molar-refractivity contribution in [2.75, 3.05) is 11.4 Å². The van der Waals surface area contributed by atoms with Crippen LogP contribution in [-0.4, -0.2) is 28.5 Å². The minimum absolute atomic E-state index is 0.0274. The summed E-state index contributed by atoms with van der Waals surface area (Å²) in [6, 6.07) is 3.22. The Morgan fingerprint density at radius 3 is 2.81 bits per heavy atom. The highest BCUT2D eigenvalue weighted by Gasteiger charge is 2.35. The number of carboxylic acids is 1. The molecule has 84 valence electrons. The van der Waals surface area contributed by atoms with Crippen molar-refractivity contribution < 1.29 is 14.7 Å². The molecule has 1 saturated heterocycles. The summed E-state index contributed by atoms with van der Waals surface area (Å²) in [4.78, 5) is 27.7. The first-order valence-electron chi connectivity index (χ1n) is 4.72. The summed E-state index contributed by atoms with van der Waals surface area (Å²) in [5, 5.41) is 9.30. The molecular weight excluding hydrogens is 232 g/mol. The molecule has 0 bridgehead atoms. The Kier molecular flexibility index (Phi) is 2.78. The van der Waals surface area contributed by atoms with Crippen LogP contribution in [0.1, 0.15) is 6.42 Å². The Hall–Kier alpha value is -1.62. The van der Waals surface area contributed by atoms with Crippen LogP contribution >= 0.6 is 11.6 Å². The van der Waals surface area contributed by atoms with Gasteiger partial charge in [0.2, 0.25) is 5.91 Å². The van der Waals surface area contributed by atoms with Crippen LogP contribution in [0.25, 0.3) is 0 Å². The Morgan fingerprint density at radius 1 is 1.56 bits per heavy atom. The summed E-state index contributed by atoms with van der Waals surface area (Å²) in [7, 11) is 0. The zero-order chi connectivity index (χ0) is 11.7. The van der Waals surface area contributed by atoms with Crippen LogP contribution in [0.3, 0.4) is 0 Å². The van der Waals surface area contributed by atoms with Gasteiger partial charge in [0.05, 0.1) is 10.9 Å². The van der Waals surface area contributed by atoms with Crippen molar-refractivity contribution in [3.8, 4) is 0 Å². The molecule has 0 radical (unpaired) electrons. The molecule has 1 N–H and O–H groups in total. The predicted octanol–water partition coefficient (Wildman–Crippen LogP) is 1.17. The van der Waals surface area contributed by atoms with Crippen LogP contribution < -0.4 is 4.90 Å². The number of rotatable bonds is 2. The third-order valence-corrected chi connectivity index (χ3v) is 2.69. The zero-order valence-corrected chi connectivity index (χ0v) is 9.02. The number of carboxylic acid groups (broad SMARTS) is 1. The molecule has 1 unspecified atom stereocenters. The van der Waals surface area contributed by atoms with Gasteiger partial charge in [-0.2, -0.15) is 0 Å². The van der Waals surface area contributed by atoms with Gasteiger partial charge < -0.3 is 5.11 Å². The van der Waals surface area contributed by atoms with Crippen molar-refractivity contribution in [3.05, 3.63) is 23.4 Å². The number of hydrogen-bond donors (Lipinski definition) is 1. The van der Waals surface area contributed by atoms with Gasteiger partial charge in [-0.1, -0.05) is 11.6 Å². The molecule has 5 nitrogen and oxygen atoms in total. The highest BCUT2D eigenvalue weighted by Crippen LogP contribution is 2.24. The lowest BCUT2D eigenvalue weighted by molar-refractivity contribution is -0.141. The molecule has 0 saturated carbocycles. The van der Waals surface area contributed by atoms with Crippen molar-refractivity contribution in [1.29, 1.82) is 0 Å². The van der Waals surface area contributed by atoms with Crippen molar-refractivity contribution in [3.63, 3.8) is 0 Å². The maximum absolute atomic E-state index is 11.6. The molecule has 1 aromatic heterocycles. The highest BCUT2D eigenvalue weighted by molar-refractivity contribution is 6.30. The third-order valence-electron chi connectivity index (χ3n) is 2.46. The molecule has 1 fully saturated rings. The summed E-state index contributed by atoms with van der Waals surface area (Å²) in [6.45, 7) is 0.169. The van der Waals surface area contributed by atoms with Crippen LogP contribution in [0.2, 0.25) is 5.02 Å². The summed E-state index contributed by atoms with van der Waals surface area (Å²) >= 11 is 5.67. The zero-order valence-electron chi connectivity index (χ0n) is 8.26. The Labute approximate surface area is 96.7 Å². The minimum Gasteiger partial charge on any atom is -0.481 e. The lowest BCUT2D eigenvalue weighted by atomic mass is 10.1. The largest absolute Gasteiger partial charge is 0.481 e. The van der Waals surface area contributed by atoms with E-state index in [4.69, 9.17) is 16.7 Å². The number of aromatic nitrogens is 1. The van der Waals surface area contributed by atoms with Gasteiger partial charge in [-0.3, -0.25) is 14.5 Å². The maximum atomic E-state index is 11.6. The second kappa shape index (κ2) is 4.09. The van der Waals surface area contributed by atoms with E-state index in [9.17, 15) is 9.59 Å². The number of anilines is 1. The maximum Gasteiger partial charge on any atom is 0.308 e. The van der Waals surface area contributed by atoms with Crippen molar-refractivity contribution in [1.82, 2.24) is 4.98 Å². The van der Waals surface area contributed by atoms with Crippen LogP contribution in [0, 0.1) is 5.92 Å². The van der Waals surface area contributed by atoms with Gasteiger partial charge in [0, 0.05) is 19.2 Å². The number of amides is 1. The lowest BCUT2D eigenvalue weighted by Gasteiger charge is -2.14. The fourth-order valence-electron chi connectivity index (χ4n) is 1.62. The van der Waals surface area contributed by atoms with Gasteiger partial charge >= 0.3 is 5.97 Å². The van der Waals surface area contributed by atoms with Crippen molar-refractivity contribution in [2.45, 2.75) is 6.42 Å². The second-order valence-electron chi connectivity index (χ2n) is 3.58. The Bertz CT molecular complexity index is 432. The molecule has 16 heavy (non-hydrogen) atoms. The van der Waals surface area contributed by atoms with Crippen LogP contribution in [-0.2, 0) is 9.59 Å². The van der Waals surface area contributed by atoms with Gasteiger partial charge in [-0.05, 0) is 12.1 Å². The first-order chi connectivity index (χ1) is 7.58. The van der Waals surface area contributed by atoms with E-state index in [2.05, 4.69) is 4.98 Å². The first kappa shape index (κ1) is 10.9. The number of carbonyl (C=O) groups is 2. The molecule has 2 heterocycles. The van der Waals surface area contributed by atoms with E-state index >= 15 is 0 Å². The fourth-order valence-corrected chi connectivity index (χ4v) is 1.73. The summed E-state index contributed by atoms with van der Waals surface area (Å²) in [6.07, 6.45) is 1.46. The molecule has 0 spiro atoms. The summed E-state index contributed by atoms with van der Waals surface area (Å²) < 4.78 is 0. The molecule has 0 aromatic carbocycles. The van der Waals surface area contributed by atoms with Gasteiger partial charge in [0.25, 0.3) is 0 Å². The lowest BCUT2D eigenvalue weighted by Crippen LogP contribution is -2.26. The highest BCUT2D eigenvalue weighted by atomic mass is 35.5. The molecule has 1 atom stereocenters. The van der Waals surface area contributed by atoms with Gasteiger partial charge in [-0.15, -0.1) is 0 Å². The standard InChI is InChI=1S/C10H9ClN2O3/c11-7-1-2-8(12-4-7)13-5-6(10(15)16)3-9(13)14/h1-2,4,6H,3,5H2,(H,15,16). The monoisotopic (exact) mass is 240 g/mol. The quantitative estimate of drug-likeness (QED) is 0.843. The van der Waals surface area contributed by atoms with E-state index in [1.807, 2.05) is 0 Å². The molecule has 2 rings (SSSR count). The average Bonchev–Trinajstić information content (AvgIpc) is 2.62. The van der Waals surface area contributed by atoms with E-state index in [-0.39, 0.29) is 18.9 Å². The number of pyridine rings is 1. The summed E-state index contributed by atoms with van der Waals surface area (Å²) in [5.41, 5.74) is 0. The van der Waals surface area contributed by atoms with Gasteiger partial charge in [0.15, 0.2) is 0 Å². The van der Waals surface area contributed by atoms with Crippen LogP contribution in [0.15, 0.2) is 18.3 Å². The first-order valence-corrected chi connectivity index (χ1v) is 5.10. The fraction of sp³-hybridized carbons (Fsp3) is 0.300. The number of aliphatic carboxylic acids is 1. The topological polar surface area (TPSA) is 70.5 Å². The van der Waals surface area contributed by atoms with Gasteiger partial charge in [-0.25, -0.2) is 4.98 Å². The number of halogens is 1. The Morgan fingerprint density at radius 2 is 2.31 bits per heavy atom. The number of hydrogen-bond acceptors (Lipinski definition) is 3. The average molecular weight is 241 g/mol. The molecule has 1 amide bonds. The molecular formula is C10H9ClN2O3. The predicted molar refractivity (Wildman–Crippen MR) is 57.3 cm³/mol. The number of nitrogens with zero attached hydrogens (tertiary/aromatic N) is 2. The van der Waals surface area contributed by atoms with E-state index in [1.54, 1.807) is 12.1 Å². The van der Waals surface area contributed by atoms with Crippen molar-refractivity contribution in [2.24, 2.45) is 5.92 Å². The second-order valence-corrected chi connectivity index (χ2v) is 4.01. The van der Waals surface area contributed by atoms with E-state index < -0.39 is 11.9 Å². The van der Waals surface area contributed by atoms with Crippen LogP contribution in [0.5, 0.6) is 0 Å². The molecule has 1 aromatic rings. The smallest absolute Gasteiger partial charge is 0.308 e. The van der Waals surface area contributed by atoms with E-state index in [1.165, 1.54) is 11.1 Å². The normalized spacial score (nSPS) is 20.2. The molecule has 0 aliphatic carbocycles. The van der Waals surface area contributed by atoms with E-state index in [0.717, 1.165) is 0 Å². The minimum atomic E-state index is -0.954. The number of carbonyl (C=O) groups excluding carboxylic acids is 1. The molecule has 6 heteroatoms. The van der Waals surface area contributed by atoms with Gasteiger partial charge in [0.1, 0.15) is 5.82 Å². The molecule has 1 aliphatic heterocycles. The third kappa shape index (κ3) is 1.99. The van der Waals surface area contributed by atoms with Crippen LogP contribution in [0.4, 0.5) is 5.82 Å². The van der Waals surface area contributed by atoms with E-state index in [0.29, 0.717) is 10.8 Å². The molecule has 1 aliphatic rings. The van der Waals surface area contributed by atoms with Crippen molar-refractivity contribution >= 4 is 29.3 Å². The summed E-state index contributed by atoms with van der Waals surface area (Å²) in [5.74, 6) is -1.38. The SMILES string of the molecule is O=C(O)C1CC(=O)N(c2ccc(Cl)cn2)C1. The Balaban J connectivity index is 2.20.